The molecule has 0 saturated heterocycles. The monoisotopic (exact) mass is 327 g/mol. The molecule has 1 heterocycles. The van der Waals surface area contributed by atoms with E-state index >= 15 is 0 Å². The summed E-state index contributed by atoms with van der Waals surface area (Å²) >= 11 is 0. The molecule has 0 radical (unpaired) electrons. The van der Waals surface area contributed by atoms with Gasteiger partial charge in [0.25, 0.3) is 0 Å². The van der Waals surface area contributed by atoms with E-state index in [9.17, 15) is 13.6 Å². The summed E-state index contributed by atoms with van der Waals surface area (Å²) in [5, 5.41) is 0. The number of nitrogens with one attached hydrogen (secondary N) is 1. The van der Waals surface area contributed by atoms with Crippen LogP contribution in [0, 0.1) is 11.6 Å². The molecule has 3 nitrogen and oxygen atoms in total. The van der Waals surface area contributed by atoms with Crippen LogP contribution < -0.4 is 0 Å². The van der Waals surface area contributed by atoms with Gasteiger partial charge in [-0.1, -0.05) is 30.3 Å². The lowest BCUT2D eigenvalue weighted by Gasteiger charge is -2.03. The molecule has 0 aliphatic rings. The van der Waals surface area contributed by atoms with E-state index in [1.54, 1.807) is 13.0 Å². The van der Waals surface area contributed by atoms with Gasteiger partial charge >= 0.3 is 5.97 Å². The fraction of sp³-hybridized carbons (Fsp3) is 0.105. The maximum atomic E-state index is 13.5. The Labute approximate surface area is 137 Å². The summed E-state index contributed by atoms with van der Waals surface area (Å²) in [5.74, 6) is -2.33. The van der Waals surface area contributed by atoms with Crippen LogP contribution in [0.25, 0.3) is 22.5 Å². The van der Waals surface area contributed by atoms with Crippen LogP contribution in [0.1, 0.15) is 17.3 Å². The normalized spacial score (nSPS) is 10.6. The molecule has 3 aromatic rings. The number of carbonyl (C=O) groups excluding carboxylic acids is 1. The second-order valence-electron chi connectivity index (χ2n) is 5.19. The van der Waals surface area contributed by atoms with E-state index in [1.807, 2.05) is 30.3 Å². The van der Waals surface area contributed by atoms with Crippen molar-refractivity contribution in [3.63, 3.8) is 0 Å². The number of aromatic nitrogens is 1. The number of hydrogen-bond acceptors (Lipinski definition) is 2. The number of halogens is 2. The molecule has 0 bridgehead atoms. The minimum Gasteiger partial charge on any atom is -0.462 e. The third-order valence-electron chi connectivity index (χ3n) is 3.61. The average molecular weight is 327 g/mol. The molecule has 0 aliphatic heterocycles. The second-order valence-corrected chi connectivity index (χ2v) is 5.19. The smallest absolute Gasteiger partial charge is 0.340 e. The summed E-state index contributed by atoms with van der Waals surface area (Å²) in [7, 11) is 0. The van der Waals surface area contributed by atoms with Crippen LogP contribution in [0.5, 0.6) is 0 Å². The Bertz CT molecular complexity index is 872. The molecule has 0 atom stereocenters. The maximum absolute atomic E-state index is 13.5. The maximum Gasteiger partial charge on any atom is 0.340 e. The zero-order chi connectivity index (χ0) is 17.1. The standard InChI is InChI=1S/C19H15F2NO2/c1-2-24-19(23)14-11-17(13-8-9-15(20)16(21)10-13)22-18(14)12-6-4-3-5-7-12/h3-11,22H,2H2,1H3. The van der Waals surface area contributed by atoms with Gasteiger partial charge in [-0.2, -0.15) is 0 Å². The number of hydrogen-bond donors (Lipinski definition) is 1. The minimum atomic E-state index is -0.943. The third-order valence-corrected chi connectivity index (χ3v) is 3.61. The van der Waals surface area contributed by atoms with Gasteiger partial charge in [0.1, 0.15) is 0 Å². The zero-order valence-electron chi connectivity index (χ0n) is 13.0. The molecule has 2 aromatic carbocycles. The molecule has 24 heavy (non-hydrogen) atoms. The highest BCUT2D eigenvalue weighted by Gasteiger charge is 2.19. The van der Waals surface area contributed by atoms with E-state index in [0.717, 1.165) is 17.7 Å². The van der Waals surface area contributed by atoms with Crippen LogP contribution >= 0.6 is 0 Å². The van der Waals surface area contributed by atoms with E-state index < -0.39 is 17.6 Å². The quantitative estimate of drug-likeness (QED) is 0.699. The fourth-order valence-electron chi connectivity index (χ4n) is 2.48. The van der Waals surface area contributed by atoms with Crippen molar-refractivity contribution >= 4 is 5.97 Å². The predicted molar refractivity (Wildman–Crippen MR) is 87.5 cm³/mol. The van der Waals surface area contributed by atoms with Gasteiger partial charge in [-0.15, -0.1) is 0 Å². The third kappa shape index (κ3) is 3.06. The number of H-pyrrole nitrogens is 1. The highest BCUT2D eigenvalue weighted by atomic mass is 19.2. The van der Waals surface area contributed by atoms with Crippen LogP contribution in [-0.4, -0.2) is 17.6 Å². The Hall–Kier alpha value is -2.95. The first-order valence-electron chi connectivity index (χ1n) is 7.51. The van der Waals surface area contributed by atoms with Crippen LogP contribution in [-0.2, 0) is 4.74 Å². The molecule has 0 spiro atoms. The Morgan fingerprint density at radius 3 is 2.42 bits per heavy atom. The van der Waals surface area contributed by atoms with Crippen molar-refractivity contribution in [3.8, 4) is 22.5 Å². The molecular weight excluding hydrogens is 312 g/mol. The first-order valence-corrected chi connectivity index (χ1v) is 7.51. The lowest BCUT2D eigenvalue weighted by Crippen LogP contribution is -2.04. The summed E-state index contributed by atoms with van der Waals surface area (Å²) in [5.41, 5.74) is 2.68. The first-order chi connectivity index (χ1) is 11.6. The van der Waals surface area contributed by atoms with Gasteiger partial charge in [-0.25, -0.2) is 13.6 Å². The molecule has 0 fully saturated rings. The first kappa shape index (κ1) is 15.9. The Morgan fingerprint density at radius 2 is 1.75 bits per heavy atom. The number of aromatic amines is 1. The van der Waals surface area contributed by atoms with E-state index in [2.05, 4.69) is 4.98 Å². The predicted octanol–water partition coefficient (Wildman–Crippen LogP) is 4.80. The number of rotatable bonds is 4. The van der Waals surface area contributed by atoms with Crippen LogP contribution in [0.3, 0.4) is 0 Å². The van der Waals surface area contributed by atoms with Crippen molar-refractivity contribution in [1.29, 1.82) is 0 Å². The van der Waals surface area contributed by atoms with Gasteiger partial charge in [-0.05, 0) is 36.8 Å². The number of ether oxygens (including phenoxy) is 1. The van der Waals surface area contributed by atoms with Crippen molar-refractivity contribution in [2.75, 3.05) is 6.61 Å². The largest absolute Gasteiger partial charge is 0.462 e. The fourth-order valence-corrected chi connectivity index (χ4v) is 2.48. The topological polar surface area (TPSA) is 42.1 Å². The summed E-state index contributed by atoms with van der Waals surface area (Å²) in [6, 6.07) is 14.5. The number of esters is 1. The molecule has 1 N–H and O–H groups in total. The minimum absolute atomic E-state index is 0.249. The highest BCUT2D eigenvalue weighted by Crippen LogP contribution is 2.30. The van der Waals surface area contributed by atoms with Gasteiger partial charge in [-0.3, -0.25) is 0 Å². The average Bonchev–Trinajstić information content (AvgIpc) is 3.04. The lowest BCUT2D eigenvalue weighted by molar-refractivity contribution is 0.0527. The van der Waals surface area contributed by atoms with Gasteiger partial charge < -0.3 is 9.72 Å². The van der Waals surface area contributed by atoms with Crippen molar-refractivity contribution < 1.29 is 18.3 Å². The zero-order valence-corrected chi connectivity index (χ0v) is 13.0. The molecular formula is C19H15F2NO2. The van der Waals surface area contributed by atoms with Crippen molar-refractivity contribution in [1.82, 2.24) is 4.98 Å². The van der Waals surface area contributed by atoms with Crippen LogP contribution in [0.15, 0.2) is 54.6 Å². The molecule has 3 rings (SSSR count). The van der Waals surface area contributed by atoms with E-state index in [4.69, 9.17) is 4.74 Å². The Morgan fingerprint density at radius 1 is 1.00 bits per heavy atom. The highest BCUT2D eigenvalue weighted by molar-refractivity contribution is 5.98. The van der Waals surface area contributed by atoms with Crippen LogP contribution in [0.2, 0.25) is 0 Å². The Balaban J connectivity index is 2.12. The molecule has 5 heteroatoms. The van der Waals surface area contributed by atoms with Crippen molar-refractivity contribution in [2.45, 2.75) is 6.92 Å². The summed E-state index contributed by atoms with van der Waals surface area (Å²) in [6.07, 6.45) is 0. The summed E-state index contributed by atoms with van der Waals surface area (Å²) in [4.78, 5) is 15.3. The lowest BCUT2D eigenvalue weighted by atomic mass is 10.1. The molecule has 0 amide bonds. The SMILES string of the molecule is CCOC(=O)c1cc(-c2ccc(F)c(F)c2)[nH]c1-c1ccccc1. The molecule has 0 unspecified atom stereocenters. The van der Waals surface area contributed by atoms with E-state index in [0.29, 0.717) is 22.5 Å². The van der Waals surface area contributed by atoms with Gasteiger partial charge in [0.2, 0.25) is 0 Å². The molecule has 0 aliphatic carbocycles. The van der Waals surface area contributed by atoms with Crippen LogP contribution in [0.4, 0.5) is 8.78 Å². The molecule has 0 saturated carbocycles. The van der Waals surface area contributed by atoms with Gasteiger partial charge in [0.05, 0.1) is 17.9 Å². The van der Waals surface area contributed by atoms with Crippen molar-refractivity contribution in [2.24, 2.45) is 0 Å². The summed E-state index contributed by atoms with van der Waals surface area (Å²) < 4.78 is 31.7. The van der Waals surface area contributed by atoms with Crippen molar-refractivity contribution in [3.05, 3.63) is 71.8 Å². The van der Waals surface area contributed by atoms with Gasteiger partial charge in [0.15, 0.2) is 11.6 Å². The molecule has 1 aromatic heterocycles. The second kappa shape index (κ2) is 6.66. The van der Waals surface area contributed by atoms with E-state index in [1.165, 1.54) is 6.07 Å². The summed E-state index contributed by atoms with van der Waals surface area (Å²) in [6.45, 7) is 1.97. The number of carbonyl (C=O) groups is 1. The Kier molecular flexibility index (Phi) is 4.42. The van der Waals surface area contributed by atoms with E-state index in [-0.39, 0.29) is 6.61 Å². The van der Waals surface area contributed by atoms with Gasteiger partial charge in [0, 0.05) is 11.3 Å². The number of benzene rings is 2. The molecule has 122 valence electrons.